The zero-order valence-electron chi connectivity index (χ0n) is 6.53. The maximum absolute atomic E-state index is 10.5. The van der Waals surface area contributed by atoms with Crippen LogP contribution in [0.1, 0.15) is 5.56 Å². The first kappa shape index (κ1) is 9.49. The third-order valence-electron chi connectivity index (χ3n) is 1.53. The molecule has 0 aliphatic carbocycles. The molecule has 0 spiro atoms. The Morgan fingerprint density at radius 2 is 2.31 bits per heavy atom. The molecule has 0 radical (unpaired) electrons. The molecule has 4 nitrogen and oxygen atoms in total. The molecule has 0 saturated carbocycles. The number of nitro benzene ring substituents is 1. The van der Waals surface area contributed by atoms with Gasteiger partial charge in [0, 0.05) is 6.07 Å². The SMILES string of the molecule is [C-]#[N+]Cc1c(Cl)cccc1[N+](=O)[O-]. The van der Waals surface area contributed by atoms with Crippen molar-refractivity contribution in [1.29, 1.82) is 0 Å². The van der Waals surface area contributed by atoms with E-state index in [1.165, 1.54) is 18.2 Å². The first-order chi connectivity index (χ1) is 6.16. The molecular weight excluding hydrogens is 192 g/mol. The molecule has 0 aliphatic rings. The Morgan fingerprint density at radius 3 is 2.85 bits per heavy atom. The average Bonchev–Trinajstić information content (AvgIpc) is 2.08. The molecule has 1 aromatic carbocycles. The minimum Gasteiger partial charge on any atom is -0.311 e. The number of benzene rings is 1. The number of rotatable bonds is 2. The summed E-state index contributed by atoms with van der Waals surface area (Å²) >= 11 is 5.70. The number of nitro groups is 1. The summed E-state index contributed by atoms with van der Waals surface area (Å²) in [7, 11) is 0. The summed E-state index contributed by atoms with van der Waals surface area (Å²) < 4.78 is 0. The van der Waals surface area contributed by atoms with Gasteiger partial charge in [-0.15, -0.1) is 0 Å². The molecule has 13 heavy (non-hydrogen) atoms. The summed E-state index contributed by atoms with van der Waals surface area (Å²) in [5.74, 6) is 0. The van der Waals surface area contributed by atoms with Gasteiger partial charge < -0.3 is 4.85 Å². The van der Waals surface area contributed by atoms with Crippen LogP contribution in [0.4, 0.5) is 5.69 Å². The van der Waals surface area contributed by atoms with Crippen LogP contribution < -0.4 is 0 Å². The molecule has 0 fully saturated rings. The first-order valence-electron chi connectivity index (χ1n) is 3.42. The lowest BCUT2D eigenvalue weighted by Gasteiger charge is -1.97. The second-order valence-corrected chi connectivity index (χ2v) is 2.72. The highest BCUT2D eigenvalue weighted by molar-refractivity contribution is 6.31. The van der Waals surface area contributed by atoms with E-state index in [0.717, 1.165) is 0 Å². The first-order valence-corrected chi connectivity index (χ1v) is 3.79. The lowest BCUT2D eigenvalue weighted by molar-refractivity contribution is -0.385. The van der Waals surface area contributed by atoms with Crippen molar-refractivity contribution in [2.45, 2.75) is 6.54 Å². The molecule has 0 N–H and O–H groups in total. The maximum atomic E-state index is 10.5. The highest BCUT2D eigenvalue weighted by Crippen LogP contribution is 2.26. The largest absolute Gasteiger partial charge is 0.311 e. The predicted molar refractivity (Wildman–Crippen MR) is 48.4 cm³/mol. The van der Waals surface area contributed by atoms with Crippen LogP contribution in [0.2, 0.25) is 5.02 Å². The van der Waals surface area contributed by atoms with Crippen LogP contribution in [-0.2, 0) is 6.54 Å². The van der Waals surface area contributed by atoms with Crippen molar-refractivity contribution in [3.63, 3.8) is 0 Å². The van der Waals surface area contributed by atoms with E-state index in [0.29, 0.717) is 0 Å². The van der Waals surface area contributed by atoms with E-state index in [2.05, 4.69) is 4.85 Å². The quantitative estimate of drug-likeness (QED) is 0.415. The Labute approximate surface area is 79.7 Å². The van der Waals surface area contributed by atoms with Crippen molar-refractivity contribution >= 4 is 17.3 Å². The second-order valence-electron chi connectivity index (χ2n) is 2.31. The van der Waals surface area contributed by atoms with E-state index in [9.17, 15) is 10.1 Å². The van der Waals surface area contributed by atoms with Crippen LogP contribution in [0.3, 0.4) is 0 Å². The van der Waals surface area contributed by atoms with Crippen molar-refractivity contribution in [1.82, 2.24) is 0 Å². The number of hydrogen-bond donors (Lipinski definition) is 0. The zero-order valence-corrected chi connectivity index (χ0v) is 7.28. The molecule has 0 atom stereocenters. The Balaban J connectivity index is 3.27. The van der Waals surface area contributed by atoms with Crippen LogP contribution in [0.15, 0.2) is 18.2 Å². The summed E-state index contributed by atoms with van der Waals surface area (Å²) in [6.07, 6.45) is 0. The summed E-state index contributed by atoms with van der Waals surface area (Å²) in [4.78, 5) is 13.0. The summed E-state index contributed by atoms with van der Waals surface area (Å²) in [5, 5.41) is 10.8. The Bertz CT molecular complexity index is 384. The molecule has 0 saturated heterocycles. The smallest absolute Gasteiger partial charge is 0.281 e. The van der Waals surface area contributed by atoms with Crippen LogP contribution >= 0.6 is 11.6 Å². The molecule has 66 valence electrons. The minimum absolute atomic E-state index is 0.0595. The van der Waals surface area contributed by atoms with Crippen LogP contribution in [0, 0.1) is 16.7 Å². The van der Waals surface area contributed by atoms with Gasteiger partial charge in [0.25, 0.3) is 5.69 Å². The lowest BCUT2D eigenvalue weighted by Crippen LogP contribution is -1.94. The third kappa shape index (κ3) is 1.95. The predicted octanol–water partition coefficient (Wildman–Crippen LogP) is 2.67. The van der Waals surface area contributed by atoms with E-state index < -0.39 is 4.92 Å². The topological polar surface area (TPSA) is 47.5 Å². The fourth-order valence-corrected chi connectivity index (χ4v) is 1.18. The second kappa shape index (κ2) is 3.87. The summed E-state index contributed by atoms with van der Waals surface area (Å²) in [6.45, 7) is 6.56. The maximum Gasteiger partial charge on any atom is 0.281 e. The van der Waals surface area contributed by atoms with Crippen LogP contribution in [0.25, 0.3) is 4.85 Å². The van der Waals surface area contributed by atoms with E-state index in [4.69, 9.17) is 18.2 Å². The van der Waals surface area contributed by atoms with Gasteiger partial charge in [0.15, 0.2) is 0 Å². The van der Waals surface area contributed by atoms with Crippen LogP contribution in [0.5, 0.6) is 0 Å². The molecule has 0 heterocycles. The highest BCUT2D eigenvalue weighted by atomic mass is 35.5. The molecule has 0 aromatic heterocycles. The Morgan fingerprint density at radius 1 is 1.62 bits per heavy atom. The van der Waals surface area contributed by atoms with Gasteiger partial charge in [-0.05, 0) is 6.07 Å². The van der Waals surface area contributed by atoms with E-state index >= 15 is 0 Å². The summed E-state index contributed by atoms with van der Waals surface area (Å²) in [6, 6.07) is 4.37. The van der Waals surface area contributed by atoms with Crippen molar-refractivity contribution in [2.24, 2.45) is 0 Å². The van der Waals surface area contributed by atoms with E-state index in [1.54, 1.807) is 0 Å². The molecular formula is C8H5ClN2O2. The van der Waals surface area contributed by atoms with Crippen molar-refractivity contribution in [2.75, 3.05) is 0 Å². The van der Waals surface area contributed by atoms with E-state index in [-0.39, 0.29) is 22.8 Å². The zero-order chi connectivity index (χ0) is 9.84. The number of hydrogen-bond acceptors (Lipinski definition) is 2. The minimum atomic E-state index is -0.535. The fraction of sp³-hybridized carbons (Fsp3) is 0.125. The average molecular weight is 197 g/mol. The number of halogens is 1. The highest BCUT2D eigenvalue weighted by Gasteiger charge is 2.17. The third-order valence-corrected chi connectivity index (χ3v) is 1.88. The molecule has 1 rings (SSSR count). The van der Waals surface area contributed by atoms with Gasteiger partial charge >= 0.3 is 0 Å². The molecule has 0 unspecified atom stereocenters. The molecule has 0 amide bonds. The normalized spacial score (nSPS) is 9.23. The monoisotopic (exact) mass is 196 g/mol. The van der Waals surface area contributed by atoms with Gasteiger partial charge in [0.2, 0.25) is 6.54 Å². The van der Waals surface area contributed by atoms with Gasteiger partial charge in [-0.2, -0.15) is 0 Å². The van der Waals surface area contributed by atoms with Crippen LogP contribution in [-0.4, -0.2) is 4.92 Å². The molecule has 5 heteroatoms. The van der Waals surface area contributed by atoms with Gasteiger partial charge in [-0.3, -0.25) is 10.1 Å². The van der Waals surface area contributed by atoms with E-state index in [1.807, 2.05) is 0 Å². The van der Waals surface area contributed by atoms with Crippen molar-refractivity contribution < 1.29 is 4.92 Å². The van der Waals surface area contributed by atoms with Gasteiger partial charge in [0.1, 0.15) is 5.56 Å². The number of nitrogens with zero attached hydrogens (tertiary/aromatic N) is 2. The Hall–Kier alpha value is -1.60. The van der Waals surface area contributed by atoms with Gasteiger partial charge in [0.05, 0.1) is 9.95 Å². The van der Waals surface area contributed by atoms with Gasteiger partial charge in [-0.1, -0.05) is 17.7 Å². The Kier molecular flexibility index (Phi) is 2.83. The summed E-state index contributed by atoms with van der Waals surface area (Å²) in [5.41, 5.74) is 0.188. The molecule has 0 bridgehead atoms. The fourth-order valence-electron chi connectivity index (χ4n) is 0.954. The standard InChI is InChI=1S/C8H5ClN2O2/c1-10-5-6-7(9)3-2-4-8(6)11(12)13/h2-4H,5H2. The van der Waals surface area contributed by atoms with Gasteiger partial charge in [-0.25, -0.2) is 6.57 Å². The van der Waals surface area contributed by atoms with Crippen molar-refractivity contribution in [3.8, 4) is 0 Å². The van der Waals surface area contributed by atoms with Crippen molar-refractivity contribution in [3.05, 3.63) is 50.3 Å². The molecule has 1 aromatic rings. The molecule has 0 aliphatic heterocycles. The lowest BCUT2D eigenvalue weighted by atomic mass is 10.2.